The monoisotopic (exact) mass is 307 g/mol. The fourth-order valence-corrected chi connectivity index (χ4v) is 2.90. The Hall–Kier alpha value is 0.300. The highest BCUT2D eigenvalue weighted by molar-refractivity contribution is 9.10. The van der Waals surface area contributed by atoms with Crippen molar-refractivity contribution in [3.63, 3.8) is 0 Å². The van der Waals surface area contributed by atoms with Gasteiger partial charge in [-0.3, -0.25) is 4.79 Å². The summed E-state index contributed by atoms with van der Waals surface area (Å²) in [5.74, 6) is 0.505. The van der Waals surface area contributed by atoms with E-state index in [1.54, 1.807) is 0 Å². The summed E-state index contributed by atoms with van der Waals surface area (Å²) >= 11 is 5.40. The smallest absolute Gasteiger partial charge is 0.234 e. The van der Waals surface area contributed by atoms with Crippen molar-refractivity contribution >= 4 is 33.6 Å². The second-order valence-electron chi connectivity index (χ2n) is 4.86. The zero-order chi connectivity index (χ0) is 12.1. The van der Waals surface area contributed by atoms with Crippen LogP contribution in [0, 0.1) is 5.92 Å². The molecule has 94 valence electrons. The number of carbonyl (C=O) groups excluding carboxylic acids is 1. The summed E-state index contributed by atoms with van der Waals surface area (Å²) in [5.41, 5.74) is 0. The lowest BCUT2D eigenvalue weighted by Gasteiger charge is -2.29. The Bertz CT molecular complexity index is 227. The maximum atomic E-state index is 11.8. The number of alkyl halides is 1. The molecule has 0 saturated heterocycles. The molecule has 0 spiro atoms. The van der Waals surface area contributed by atoms with Crippen LogP contribution >= 0.6 is 27.7 Å². The molecule has 1 fully saturated rings. The molecule has 1 saturated carbocycles. The Morgan fingerprint density at radius 2 is 1.88 bits per heavy atom. The van der Waals surface area contributed by atoms with E-state index >= 15 is 0 Å². The third-order valence-corrected chi connectivity index (χ3v) is 5.80. The van der Waals surface area contributed by atoms with Crippen molar-refractivity contribution in [1.29, 1.82) is 0 Å². The SMILES string of the molecule is CSC1CCC(NC(=O)C(Br)C(C)C)CC1. The molecule has 1 unspecified atom stereocenters. The second-order valence-corrected chi connectivity index (χ2v) is 6.99. The number of hydrogen-bond donors (Lipinski definition) is 1. The molecule has 0 radical (unpaired) electrons. The lowest BCUT2D eigenvalue weighted by molar-refractivity contribution is -0.121. The van der Waals surface area contributed by atoms with E-state index in [0.717, 1.165) is 18.1 Å². The molecule has 16 heavy (non-hydrogen) atoms. The first-order valence-electron chi connectivity index (χ1n) is 6.01. The molecular formula is C12H22BrNOS. The Morgan fingerprint density at radius 3 is 2.31 bits per heavy atom. The molecule has 0 aromatic heterocycles. The molecule has 1 aliphatic carbocycles. The molecule has 0 heterocycles. The van der Waals surface area contributed by atoms with Crippen LogP contribution in [0.15, 0.2) is 0 Å². The zero-order valence-corrected chi connectivity index (χ0v) is 12.7. The standard InChI is InChI=1S/C12H22BrNOS/c1-8(2)11(13)12(15)14-9-4-6-10(16-3)7-5-9/h8-11H,4-7H2,1-3H3,(H,14,15). The van der Waals surface area contributed by atoms with Gasteiger partial charge in [-0.15, -0.1) is 0 Å². The van der Waals surface area contributed by atoms with E-state index in [2.05, 4.69) is 41.3 Å². The highest BCUT2D eigenvalue weighted by atomic mass is 79.9. The van der Waals surface area contributed by atoms with Crippen LogP contribution in [-0.4, -0.2) is 28.3 Å². The molecule has 1 rings (SSSR count). The van der Waals surface area contributed by atoms with Crippen LogP contribution in [0.3, 0.4) is 0 Å². The average Bonchev–Trinajstić information content (AvgIpc) is 2.28. The van der Waals surface area contributed by atoms with Gasteiger partial charge < -0.3 is 5.32 Å². The number of thioether (sulfide) groups is 1. The summed E-state index contributed by atoms with van der Waals surface area (Å²) in [7, 11) is 0. The summed E-state index contributed by atoms with van der Waals surface area (Å²) in [5, 5.41) is 3.95. The number of amides is 1. The average molecular weight is 308 g/mol. The number of rotatable bonds is 4. The molecule has 1 N–H and O–H groups in total. The van der Waals surface area contributed by atoms with Gasteiger partial charge in [0.2, 0.25) is 5.91 Å². The van der Waals surface area contributed by atoms with Gasteiger partial charge in [-0.1, -0.05) is 29.8 Å². The molecule has 0 aliphatic heterocycles. The maximum absolute atomic E-state index is 11.8. The van der Waals surface area contributed by atoms with Crippen molar-refractivity contribution in [2.24, 2.45) is 5.92 Å². The molecule has 1 amide bonds. The van der Waals surface area contributed by atoms with Crippen LogP contribution < -0.4 is 5.32 Å². The van der Waals surface area contributed by atoms with E-state index < -0.39 is 0 Å². The van der Waals surface area contributed by atoms with Gasteiger partial charge in [-0.05, 0) is 37.9 Å². The summed E-state index contributed by atoms with van der Waals surface area (Å²) < 4.78 is 0. The topological polar surface area (TPSA) is 29.1 Å². The van der Waals surface area contributed by atoms with Crippen LogP contribution in [0.2, 0.25) is 0 Å². The molecule has 0 bridgehead atoms. The fraction of sp³-hybridized carbons (Fsp3) is 0.917. The van der Waals surface area contributed by atoms with Crippen molar-refractivity contribution < 1.29 is 4.79 Å². The third-order valence-electron chi connectivity index (χ3n) is 3.19. The van der Waals surface area contributed by atoms with Crippen molar-refractivity contribution in [3.05, 3.63) is 0 Å². The predicted molar refractivity (Wildman–Crippen MR) is 75.3 cm³/mol. The molecule has 4 heteroatoms. The number of nitrogens with one attached hydrogen (secondary N) is 1. The minimum absolute atomic E-state index is 0.0502. The predicted octanol–water partition coefficient (Wildman–Crippen LogP) is 3.20. The van der Waals surface area contributed by atoms with Gasteiger partial charge in [0.25, 0.3) is 0 Å². The summed E-state index contributed by atoms with van der Waals surface area (Å²) in [6, 6.07) is 0.398. The second kappa shape index (κ2) is 6.90. The third kappa shape index (κ3) is 4.28. The van der Waals surface area contributed by atoms with Crippen molar-refractivity contribution in [3.8, 4) is 0 Å². The highest BCUT2D eigenvalue weighted by Gasteiger charge is 2.25. The molecular weight excluding hydrogens is 286 g/mol. The van der Waals surface area contributed by atoms with Gasteiger partial charge in [0.1, 0.15) is 0 Å². The van der Waals surface area contributed by atoms with Crippen LogP contribution in [0.25, 0.3) is 0 Å². The van der Waals surface area contributed by atoms with E-state index in [9.17, 15) is 4.79 Å². The summed E-state index contributed by atoms with van der Waals surface area (Å²) in [6.45, 7) is 4.12. The van der Waals surface area contributed by atoms with Crippen LogP contribution in [-0.2, 0) is 4.79 Å². The summed E-state index contributed by atoms with van der Waals surface area (Å²) in [6.07, 6.45) is 6.92. The van der Waals surface area contributed by atoms with Gasteiger partial charge in [-0.25, -0.2) is 0 Å². The van der Waals surface area contributed by atoms with Gasteiger partial charge in [0.05, 0.1) is 4.83 Å². The minimum atomic E-state index is -0.0502. The largest absolute Gasteiger partial charge is 0.352 e. The van der Waals surface area contributed by atoms with Crippen LogP contribution in [0.5, 0.6) is 0 Å². The van der Waals surface area contributed by atoms with Gasteiger partial charge in [-0.2, -0.15) is 11.8 Å². The van der Waals surface area contributed by atoms with Gasteiger partial charge >= 0.3 is 0 Å². The van der Waals surface area contributed by atoms with Gasteiger partial charge in [0.15, 0.2) is 0 Å². The molecule has 1 aliphatic rings. The van der Waals surface area contributed by atoms with Gasteiger partial charge in [0, 0.05) is 11.3 Å². The van der Waals surface area contributed by atoms with E-state index in [0.29, 0.717) is 12.0 Å². The number of halogens is 1. The minimum Gasteiger partial charge on any atom is -0.352 e. The Labute approximate surface area is 111 Å². The van der Waals surface area contributed by atoms with Crippen molar-refractivity contribution in [2.75, 3.05) is 6.26 Å². The van der Waals surface area contributed by atoms with E-state index in [1.165, 1.54) is 12.8 Å². The molecule has 0 aromatic rings. The first kappa shape index (κ1) is 14.4. The number of hydrogen-bond acceptors (Lipinski definition) is 2. The lowest BCUT2D eigenvalue weighted by atomic mass is 9.94. The van der Waals surface area contributed by atoms with Crippen LogP contribution in [0.4, 0.5) is 0 Å². The zero-order valence-electron chi connectivity index (χ0n) is 10.3. The van der Waals surface area contributed by atoms with Crippen molar-refractivity contribution in [2.45, 2.75) is 55.6 Å². The Balaban J connectivity index is 2.31. The van der Waals surface area contributed by atoms with E-state index in [-0.39, 0.29) is 10.7 Å². The maximum Gasteiger partial charge on any atom is 0.234 e. The highest BCUT2D eigenvalue weighted by Crippen LogP contribution is 2.27. The van der Waals surface area contributed by atoms with E-state index in [4.69, 9.17) is 0 Å². The molecule has 1 atom stereocenters. The molecule has 2 nitrogen and oxygen atoms in total. The quantitative estimate of drug-likeness (QED) is 0.808. The summed E-state index contributed by atoms with van der Waals surface area (Å²) in [4.78, 5) is 11.8. The first-order chi connectivity index (χ1) is 7.54. The Kier molecular flexibility index (Phi) is 6.19. The first-order valence-corrected chi connectivity index (χ1v) is 8.22. The lowest BCUT2D eigenvalue weighted by Crippen LogP contribution is -2.42. The van der Waals surface area contributed by atoms with Crippen LogP contribution in [0.1, 0.15) is 39.5 Å². The molecule has 0 aromatic carbocycles. The normalized spacial score (nSPS) is 27.8. The van der Waals surface area contributed by atoms with E-state index in [1.807, 2.05) is 11.8 Å². The fourth-order valence-electron chi connectivity index (χ4n) is 2.03. The number of carbonyl (C=O) groups is 1. The van der Waals surface area contributed by atoms with Crippen molar-refractivity contribution in [1.82, 2.24) is 5.32 Å². The Morgan fingerprint density at radius 1 is 1.31 bits per heavy atom.